The Kier molecular flexibility index (Phi) is 4.35. The molecule has 1 amide bonds. The molecule has 4 rings (SSSR count). The molecule has 1 atom stereocenters. The highest BCUT2D eigenvalue weighted by Gasteiger charge is 2.31. The van der Waals surface area contributed by atoms with Crippen molar-refractivity contribution in [2.24, 2.45) is 0 Å². The molecule has 1 aliphatic rings. The summed E-state index contributed by atoms with van der Waals surface area (Å²) in [6, 6.07) is 18.2. The first-order valence-corrected chi connectivity index (χ1v) is 8.73. The maximum absolute atomic E-state index is 12.9. The summed E-state index contributed by atoms with van der Waals surface area (Å²) in [5.74, 6) is 0.456. The van der Waals surface area contributed by atoms with E-state index in [-0.39, 0.29) is 11.9 Å². The number of para-hydroxylation sites is 1. The maximum atomic E-state index is 12.9. The zero-order valence-electron chi connectivity index (χ0n) is 14.6. The van der Waals surface area contributed by atoms with E-state index in [9.17, 15) is 4.79 Å². The van der Waals surface area contributed by atoms with Crippen molar-refractivity contribution in [3.63, 3.8) is 0 Å². The highest BCUT2D eigenvalue weighted by Crippen LogP contribution is 2.32. The standard InChI is InChI=1S/C21H20N4O/c1-15-11-17-9-5-6-10-19(17)25(15)20(26)18-13-23-21(24-14-18)22-12-16-7-3-2-4-8-16/h2-10,13-15H,11-12H2,1H3,(H,22,23,24). The van der Waals surface area contributed by atoms with E-state index in [1.807, 2.05) is 53.4 Å². The van der Waals surface area contributed by atoms with E-state index in [0.29, 0.717) is 18.1 Å². The average molecular weight is 344 g/mol. The molecule has 1 unspecified atom stereocenters. The van der Waals surface area contributed by atoms with Gasteiger partial charge in [-0.25, -0.2) is 9.97 Å². The molecule has 0 radical (unpaired) electrons. The fourth-order valence-corrected chi connectivity index (χ4v) is 3.32. The number of aromatic nitrogens is 2. The number of benzene rings is 2. The van der Waals surface area contributed by atoms with Gasteiger partial charge in [0.1, 0.15) is 0 Å². The van der Waals surface area contributed by atoms with Gasteiger partial charge < -0.3 is 10.2 Å². The van der Waals surface area contributed by atoms with Crippen LogP contribution in [0.1, 0.15) is 28.4 Å². The zero-order valence-corrected chi connectivity index (χ0v) is 14.6. The second kappa shape index (κ2) is 6.96. The molecule has 0 fully saturated rings. The van der Waals surface area contributed by atoms with Crippen LogP contribution in [0.4, 0.5) is 11.6 Å². The molecule has 2 aromatic carbocycles. The molecule has 5 heteroatoms. The Morgan fingerprint density at radius 2 is 1.77 bits per heavy atom. The minimum Gasteiger partial charge on any atom is -0.350 e. The van der Waals surface area contributed by atoms with E-state index >= 15 is 0 Å². The summed E-state index contributed by atoms with van der Waals surface area (Å²) >= 11 is 0. The third-order valence-corrected chi connectivity index (χ3v) is 4.62. The number of anilines is 2. The Balaban J connectivity index is 1.47. The highest BCUT2D eigenvalue weighted by atomic mass is 16.2. The minimum atomic E-state index is -0.0583. The van der Waals surface area contributed by atoms with Gasteiger partial charge in [0.25, 0.3) is 5.91 Å². The summed E-state index contributed by atoms with van der Waals surface area (Å²) in [7, 11) is 0. The van der Waals surface area contributed by atoms with E-state index in [1.165, 1.54) is 5.56 Å². The highest BCUT2D eigenvalue weighted by molar-refractivity contribution is 6.07. The first-order chi connectivity index (χ1) is 12.7. The van der Waals surface area contributed by atoms with Crippen molar-refractivity contribution in [3.05, 3.63) is 83.7 Å². The Morgan fingerprint density at radius 1 is 1.08 bits per heavy atom. The van der Waals surface area contributed by atoms with Gasteiger partial charge in [-0.2, -0.15) is 0 Å². The summed E-state index contributed by atoms with van der Waals surface area (Å²) in [5, 5.41) is 3.17. The molecule has 1 N–H and O–H groups in total. The SMILES string of the molecule is CC1Cc2ccccc2N1C(=O)c1cnc(NCc2ccccc2)nc1. The Morgan fingerprint density at radius 3 is 2.54 bits per heavy atom. The lowest BCUT2D eigenvalue weighted by Gasteiger charge is -2.22. The number of hydrogen-bond donors (Lipinski definition) is 1. The monoisotopic (exact) mass is 344 g/mol. The number of nitrogens with zero attached hydrogens (tertiary/aromatic N) is 3. The number of nitrogens with one attached hydrogen (secondary N) is 1. The van der Waals surface area contributed by atoms with Crippen LogP contribution < -0.4 is 10.2 Å². The van der Waals surface area contributed by atoms with Crippen LogP contribution in [0.25, 0.3) is 0 Å². The van der Waals surface area contributed by atoms with Crippen molar-refractivity contribution in [1.29, 1.82) is 0 Å². The molecule has 130 valence electrons. The summed E-state index contributed by atoms with van der Waals surface area (Å²) in [6.07, 6.45) is 4.06. The van der Waals surface area contributed by atoms with Gasteiger partial charge >= 0.3 is 0 Å². The number of amides is 1. The molecule has 0 aliphatic carbocycles. The lowest BCUT2D eigenvalue weighted by atomic mass is 10.1. The number of carbonyl (C=O) groups is 1. The molecule has 0 saturated carbocycles. The van der Waals surface area contributed by atoms with Crippen molar-refractivity contribution in [2.45, 2.75) is 25.9 Å². The molecular weight excluding hydrogens is 324 g/mol. The normalized spacial score (nSPS) is 15.6. The van der Waals surface area contributed by atoms with Gasteiger partial charge in [0.05, 0.1) is 5.56 Å². The second-order valence-electron chi connectivity index (χ2n) is 6.49. The van der Waals surface area contributed by atoms with E-state index in [4.69, 9.17) is 0 Å². The van der Waals surface area contributed by atoms with E-state index in [2.05, 4.69) is 28.3 Å². The van der Waals surface area contributed by atoms with Gasteiger partial charge in [-0.15, -0.1) is 0 Å². The molecule has 1 aromatic heterocycles. The van der Waals surface area contributed by atoms with Crippen LogP contribution in [0.2, 0.25) is 0 Å². The molecule has 5 nitrogen and oxygen atoms in total. The van der Waals surface area contributed by atoms with Crippen LogP contribution >= 0.6 is 0 Å². The second-order valence-corrected chi connectivity index (χ2v) is 6.49. The Labute approximate surface area is 152 Å². The van der Waals surface area contributed by atoms with Crippen LogP contribution in [-0.4, -0.2) is 21.9 Å². The van der Waals surface area contributed by atoms with Crippen molar-refractivity contribution in [1.82, 2.24) is 9.97 Å². The Bertz CT molecular complexity index is 909. The Hall–Kier alpha value is -3.21. The third-order valence-electron chi connectivity index (χ3n) is 4.62. The largest absolute Gasteiger partial charge is 0.350 e. The van der Waals surface area contributed by atoms with E-state index in [0.717, 1.165) is 17.7 Å². The summed E-state index contributed by atoms with van der Waals surface area (Å²) in [5.41, 5.74) is 3.84. The predicted molar refractivity (Wildman–Crippen MR) is 102 cm³/mol. The number of carbonyl (C=O) groups excluding carboxylic acids is 1. The first-order valence-electron chi connectivity index (χ1n) is 8.73. The lowest BCUT2D eigenvalue weighted by Crippen LogP contribution is -2.35. The van der Waals surface area contributed by atoms with Crippen LogP contribution in [0.5, 0.6) is 0 Å². The van der Waals surface area contributed by atoms with Gasteiger partial charge in [-0.1, -0.05) is 48.5 Å². The van der Waals surface area contributed by atoms with Gasteiger partial charge in [0.15, 0.2) is 0 Å². The molecule has 0 bridgehead atoms. The van der Waals surface area contributed by atoms with Crippen LogP contribution in [0, 0.1) is 0 Å². The van der Waals surface area contributed by atoms with E-state index < -0.39 is 0 Å². The predicted octanol–water partition coefficient (Wildman–Crippen LogP) is 3.68. The van der Waals surface area contributed by atoms with Gasteiger partial charge in [-0.05, 0) is 30.5 Å². The number of rotatable bonds is 4. The molecule has 2 heterocycles. The van der Waals surface area contributed by atoms with Gasteiger partial charge in [0.2, 0.25) is 5.95 Å². The lowest BCUT2D eigenvalue weighted by molar-refractivity contribution is 0.0981. The number of hydrogen-bond acceptors (Lipinski definition) is 4. The molecule has 1 aliphatic heterocycles. The van der Waals surface area contributed by atoms with Crippen LogP contribution in [0.15, 0.2) is 67.0 Å². The topological polar surface area (TPSA) is 58.1 Å². The fraction of sp³-hybridized carbons (Fsp3) is 0.190. The minimum absolute atomic E-state index is 0.0583. The van der Waals surface area contributed by atoms with Crippen LogP contribution in [0.3, 0.4) is 0 Å². The quantitative estimate of drug-likeness (QED) is 0.784. The third kappa shape index (κ3) is 3.16. The van der Waals surface area contributed by atoms with Crippen molar-refractivity contribution < 1.29 is 4.79 Å². The average Bonchev–Trinajstić information content (AvgIpc) is 3.03. The number of fused-ring (bicyclic) bond motifs is 1. The van der Waals surface area contributed by atoms with Crippen LogP contribution in [-0.2, 0) is 13.0 Å². The van der Waals surface area contributed by atoms with Crippen molar-refractivity contribution >= 4 is 17.5 Å². The van der Waals surface area contributed by atoms with Crippen molar-refractivity contribution in [2.75, 3.05) is 10.2 Å². The molecule has 0 spiro atoms. The first kappa shape index (κ1) is 16.3. The molecule has 0 saturated heterocycles. The summed E-state index contributed by atoms with van der Waals surface area (Å²) < 4.78 is 0. The molecule has 26 heavy (non-hydrogen) atoms. The fourth-order valence-electron chi connectivity index (χ4n) is 3.32. The zero-order chi connectivity index (χ0) is 17.9. The van der Waals surface area contributed by atoms with Crippen molar-refractivity contribution in [3.8, 4) is 0 Å². The summed E-state index contributed by atoms with van der Waals surface area (Å²) in [4.78, 5) is 23.4. The van der Waals surface area contributed by atoms with Gasteiger partial charge in [0, 0.05) is 30.7 Å². The van der Waals surface area contributed by atoms with E-state index in [1.54, 1.807) is 12.4 Å². The van der Waals surface area contributed by atoms with Gasteiger partial charge in [-0.3, -0.25) is 4.79 Å². The maximum Gasteiger partial charge on any atom is 0.261 e. The molecule has 3 aromatic rings. The smallest absolute Gasteiger partial charge is 0.261 e. The molecular formula is C21H20N4O. The summed E-state index contributed by atoms with van der Waals surface area (Å²) in [6.45, 7) is 2.71.